The lowest BCUT2D eigenvalue weighted by molar-refractivity contribution is -0.145. The van der Waals surface area contributed by atoms with Crippen LogP contribution in [-0.2, 0) is 23.8 Å². The van der Waals surface area contributed by atoms with Gasteiger partial charge in [0.15, 0.2) is 0 Å². The van der Waals surface area contributed by atoms with Gasteiger partial charge in [-0.1, -0.05) is 46.7 Å². The molecule has 0 bridgehead atoms. The Balaban J connectivity index is 1.35. The molecule has 6 rings (SSSR count). The zero-order chi connectivity index (χ0) is 27.3. The third-order valence-electron chi connectivity index (χ3n) is 7.48. The molecular formula is C28H21F3N4O4. The molecular weight excluding hydrogens is 513 g/mol. The molecule has 0 unspecified atom stereocenters. The molecule has 0 spiro atoms. The standard InChI is InChI=1S/C28H21F3N4O4/c29-28(30,31)22-23(15-4-2-1-3-5-15)33-39-26(22)25-21-8-6-16-12-18(7-9-20(16)24(21)34-38-25)35(11-10-32)19-13-17(14-19)27(36)37/h1-5,7,9,12,17,19H,6,8,11,13-14H2,(H,36,37). The van der Waals surface area contributed by atoms with Gasteiger partial charge in [-0.2, -0.15) is 18.4 Å². The van der Waals surface area contributed by atoms with Crippen molar-refractivity contribution in [1.82, 2.24) is 10.3 Å². The molecule has 0 amide bonds. The third kappa shape index (κ3) is 4.22. The number of anilines is 1. The average Bonchev–Trinajstić information content (AvgIpc) is 3.52. The van der Waals surface area contributed by atoms with E-state index in [9.17, 15) is 28.3 Å². The van der Waals surface area contributed by atoms with Gasteiger partial charge in [0.25, 0.3) is 0 Å². The maximum atomic E-state index is 14.2. The number of aliphatic carboxylic acids is 1. The second-order valence-electron chi connectivity index (χ2n) is 9.73. The van der Waals surface area contributed by atoms with Crippen LogP contribution in [0.3, 0.4) is 0 Å². The van der Waals surface area contributed by atoms with Crippen molar-refractivity contribution in [3.05, 3.63) is 65.2 Å². The number of carbonyl (C=O) groups is 1. The maximum absolute atomic E-state index is 14.2. The van der Waals surface area contributed by atoms with E-state index in [0.29, 0.717) is 36.9 Å². The zero-order valence-corrected chi connectivity index (χ0v) is 20.4. The number of carboxylic acid groups (broad SMARTS) is 1. The lowest BCUT2D eigenvalue weighted by Gasteiger charge is -2.41. The van der Waals surface area contributed by atoms with E-state index in [1.54, 1.807) is 18.2 Å². The monoisotopic (exact) mass is 534 g/mol. The molecule has 0 radical (unpaired) electrons. The van der Waals surface area contributed by atoms with E-state index in [2.05, 4.69) is 16.4 Å². The first-order chi connectivity index (χ1) is 18.8. The lowest BCUT2D eigenvalue weighted by Crippen LogP contribution is -2.47. The van der Waals surface area contributed by atoms with Crippen molar-refractivity contribution in [3.63, 3.8) is 0 Å². The highest BCUT2D eigenvalue weighted by atomic mass is 19.4. The molecule has 0 saturated heterocycles. The topological polar surface area (TPSA) is 116 Å². The number of aryl methyl sites for hydroxylation is 1. The molecule has 0 atom stereocenters. The van der Waals surface area contributed by atoms with Gasteiger partial charge in [-0.15, -0.1) is 0 Å². The molecule has 8 nitrogen and oxygen atoms in total. The molecule has 2 aromatic carbocycles. The van der Waals surface area contributed by atoms with Gasteiger partial charge in [0.2, 0.25) is 11.5 Å². The van der Waals surface area contributed by atoms with Gasteiger partial charge in [0, 0.05) is 28.4 Å². The van der Waals surface area contributed by atoms with Crippen molar-refractivity contribution in [2.75, 3.05) is 11.4 Å². The van der Waals surface area contributed by atoms with E-state index in [-0.39, 0.29) is 29.6 Å². The maximum Gasteiger partial charge on any atom is 0.422 e. The number of hydrogen-bond donors (Lipinski definition) is 1. The fourth-order valence-electron chi connectivity index (χ4n) is 5.44. The molecule has 4 aromatic rings. The van der Waals surface area contributed by atoms with Gasteiger partial charge in [-0.3, -0.25) is 4.79 Å². The van der Waals surface area contributed by atoms with Gasteiger partial charge in [0.05, 0.1) is 12.0 Å². The lowest BCUT2D eigenvalue weighted by atomic mass is 9.79. The summed E-state index contributed by atoms with van der Waals surface area (Å²) >= 11 is 0. The van der Waals surface area contributed by atoms with Crippen molar-refractivity contribution in [2.24, 2.45) is 5.92 Å². The second-order valence-corrected chi connectivity index (χ2v) is 9.73. The molecule has 39 heavy (non-hydrogen) atoms. The number of aromatic nitrogens is 2. The number of nitrogens with zero attached hydrogens (tertiary/aromatic N) is 4. The first-order valence-electron chi connectivity index (χ1n) is 12.4. The predicted octanol–water partition coefficient (Wildman–Crippen LogP) is 5.97. The highest BCUT2D eigenvalue weighted by Crippen LogP contribution is 2.47. The summed E-state index contributed by atoms with van der Waals surface area (Å²) in [6, 6.07) is 15.7. The van der Waals surface area contributed by atoms with E-state index < -0.39 is 29.4 Å². The van der Waals surface area contributed by atoms with E-state index in [1.807, 2.05) is 23.1 Å². The average molecular weight is 534 g/mol. The number of halogens is 3. The van der Waals surface area contributed by atoms with E-state index in [0.717, 1.165) is 16.8 Å². The molecule has 1 N–H and O–H groups in total. The molecule has 0 aliphatic heterocycles. The number of alkyl halides is 3. The molecule has 2 aromatic heterocycles. The van der Waals surface area contributed by atoms with Crippen LogP contribution in [0.5, 0.6) is 0 Å². The largest absolute Gasteiger partial charge is 0.481 e. The minimum Gasteiger partial charge on any atom is -0.481 e. The quantitative estimate of drug-likeness (QED) is 0.301. The van der Waals surface area contributed by atoms with Gasteiger partial charge < -0.3 is 19.1 Å². The predicted molar refractivity (Wildman–Crippen MR) is 132 cm³/mol. The molecule has 1 saturated carbocycles. The van der Waals surface area contributed by atoms with Crippen molar-refractivity contribution >= 4 is 11.7 Å². The summed E-state index contributed by atoms with van der Waals surface area (Å²) in [5, 5.41) is 26.4. The number of rotatable bonds is 6. The molecule has 2 aliphatic carbocycles. The Morgan fingerprint density at radius 1 is 1.05 bits per heavy atom. The van der Waals surface area contributed by atoms with Gasteiger partial charge in [-0.25, -0.2) is 0 Å². The minimum atomic E-state index is -4.74. The first-order valence-corrected chi connectivity index (χ1v) is 12.4. The fraction of sp³-hybridized carbons (Fsp3) is 0.286. The highest BCUT2D eigenvalue weighted by molar-refractivity contribution is 5.80. The summed E-state index contributed by atoms with van der Waals surface area (Å²) in [6.07, 6.45) is -2.93. The third-order valence-corrected chi connectivity index (χ3v) is 7.48. The summed E-state index contributed by atoms with van der Waals surface area (Å²) in [7, 11) is 0. The Morgan fingerprint density at radius 3 is 2.46 bits per heavy atom. The summed E-state index contributed by atoms with van der Waals surface area (Å²) in [5.41, 5.74) is 2.31. The summed E-state index contributed by atoms with van der Waals surface area (Å²) in [6.45, 7) is 0.116. The number of nitriles is 1. The summed E-state index contributed by atoms with van der Waals surface area (Å²) < 4.78 is 53.4. The molecule has 198 valence electrons. The van der Waals surface area contributed by atoms with E-state index in [4.69, 9.17) is 9.05 Å². The van der Waals surface area contributed by atoms with Crippen molar-refractivity contribution in [3.8, 4) is 40.1 Å². The van der Waals surface area contributed by atoms with Crippen LogP contribution >= 0.6 is 0 Å². The Morgan fingerprint density at radius 2 is 1.77 bits per heavy atom. The second kappa shape index (κ2) is 9.31. The Bertz CT molecular complexity index is 1600. The van der Waals surface area contributed by atoms with Crippen LogP contribution in [-0.4, -0.2) is 34.0 Å². The zero-order valence-electron chi connectivity index (χ0n) is 20.4. The summed E-state index contributed by atoms with van der Waals surface area (Å²) in [5.74, 6) is -1.85. The minimum absolute atomic E-state index is 0.0485. The van der Waals surface area contributed by atoms with Crippen molar-refractivity contribution < 1.29 is 32.1 Å². The normalized spacial score (nSPS) is 18.0. The Hall–Kier alpha value is -4.59. The number of hydrogen-bond acceptors (Lipinski definition) is 7. The Kier molecular flexibility index (Phi) is 5.90. The summed E-state index contributed by atoms with van der Waals surface area (Å²) in [4.78, 5) is 13.1. The van der Waals surface area contributed by atoms with E-state index >= 15 is 0 Å². The number of carboxylic acids is 1. The SMILES string of the molecule is N#CCN(c1ccc2c(c1)CCc1c-2noc1-c1onc(-c2ccccc2)c1C(F)(F)F)C1CC(C(=O)O)C1. The van der Waals surface area contributed by atoms with Crippen LogP contribution < -0.4 is 4.90 Å². The van der Waals surface area contributed by atoms with Crippen LogP contribution in [0.1, 0.15) is 29.5 Å². The van der Waals surface area contributed by atoms with Gasteiger partial charge in [-0.05, 0) is 43.4 Å². The fourth-order valence-corrected chi connectivity index (χ4v) is 5.44. The van der Waals surface area contributed by atoms with E-state index in [1.165, 1.54) is 12.1 Å². The highest BCUT2D eigenvalue weighted by Gasteiger charge is 2.44. The van der Waals surface area contributed by atoms with Crippen molar-refractivity contribution in [2.45, 2.75) is 37.9 Å². The first kappa shape index (κ1) is 24.7. The molecule has 2 aliphatic rings. The van der Waals surface area contributed by atoms with Gasteiger partial charge >= 0.3 is 12.1 Å². The Labute approximate surface area is 220 Å². The van der Waals surface area contributed by atoms with Crippen LogP contribution in [0.25, 0.3) is 34.0 Å². The number of fused-ring (bicyclic) bond motifs is 3. The van der Waals surface area contributed by atoms with Crippen LogP contribution in [0.2, 0.25) is 0 Å². The smallest absolute Gasteiger partial charge is 0.422 e. The number of benzene rings is 2. The van der Waals surface area contributed by atoms with Crippen LogP contribution in [0, 0.1) is 17.2 Å². The molecule has 1 fully saturated rings. The van der Waals surface area contributed by atoms with Crippen LogP contribution in [0.15, 0.2) is 57.6 Å². The molecule has 2 heterocycles. The van der Waals surface area contributed by atoms with Crippen LogP contribution in [0.4, 0.5) is 18.9 Å². The van der Waals surface area contributed by atoms with Gasteiger partial charge in [0.1, 0.15) is 23.5 Å². The van der Waals surface area contributed by atoms with Crippen molar-refractivity contribution in [1.29, 1.82) is 5.26 Å². The molecule has 11 heteroatoms.